The van der Waals surface area contributed by atoms with Crippen LogP contribution < -0.4 is 5.32 Å². The Bertz CT molecular complexity index is 58.6. The first-order valence-electron chi connectivity index (χ1n) is 2.04. The molecule has 1 aliphatic rings. The topological polar surface area (TPSA) is 29.1 Å². The highest BCUT2D eigenvalue weighted by molar-refractivity contribution is 5.59. The monoisotopic (exact) mass is 84.0 g/mol. The molecular weight excluding hydrogens is 78.0 g/mol. The second kappa shape index (κ2) is 1.39. The molecule has 1 fully saturated rings. The molecule has 1 heterocycles. The maximum absolute atomic E-state index is 9.60. The minimum atomic E-state index is 0.0602. The molecule has 0 aliphatic carbocycles. The van der Waals surface area contributed by atoms with Crippen molar-refractivity contribution in [3.8, 4) is 0 Å². The summed E-state index contributed by atoms with van der Waals surface area (Å²) in [5.74, 6) is 0. The molecule has 2 nitrogen and oxygen atoms in total. The number of hydrogen-bond acceptors (Lipinski definition) is 2. The molecule has 0 aromatic heterocycles. The molecule has 0 bridgehead atoms. The van der Waals surface area contributed by atoms with Crippen LogP contribution in [0.3, 0.4) is 0 Å². The van der Waals surface area contributed by atoms with Crippen molar-refractivity contribution in [3.05, 3.63) is 0 Å². The summed E-state index contributed by atoms with van der Waals surface area (Å²) in [5.41, 5.74) is 0. The second-order valence-corrected chi connectivity index (χ2v) is 1.41. The van der Waals surface area contributed by atoms with E-state index in [1.54, 1.807) is 0 Å². The van der Waals surface area contributed by atoms with Crippen molar-refractivity contribution in [2.24, 2.45) is 0 Å². The highest BCUT2D eigenvalue weighted by Crippen LogP contribution is 1.95. The largest absolute Gasteiger partial charge is 0.307 e. The van der Waals surface area contributed by atoms with Gasteiger partial charge in [-0.2, -0.15) is 0 Å². The number of rotatable bonds is 1. The zero-order chi connectivity index (χ0) is 4.41. The van der Waals surface area contributed by atoms with E-state index in [9.17, 15) is 4.79 Å². The molecule has 1 N–H and O–H groups in total. The molecule has 6 heavy (non-hydrogen) atoms. The first kappa shape index (κ1) is 3.81. The van der Waals surface area contributed by atoms with Crippen LogP contribution in [0.15, 0.2) is 0 Å². The Labute approximate surface area is 36.5 Å². The Hall–Kier alpha value is -0.370. The Morgan fingerprint density at radius 1 is 1.83 bits per heavy atom. The number of carbonyl (C=O) groups excluding carboxylic acids is 1. The van der Waals surface area contributed by atoms with Crippen molar-refractivity contribution in [2.75, 3.05) is 6.54 Å². The third-order valence-corrected chi connectivity index (χ3v) is 0.966. The van der Waals surface area contributed by atoms with Crippen LogP contribution in [-0.2, 0) is 4.79 Å². The summed E-state index contributed by atoms with van der Waals surface area (Å²) in [6, 6.07) is 0.0602. The van der Waals surface area contributed by atoms with Gasteiger partial charge in [-0.15, -0.1) is 0 Å². The van der Waals surface area contributed by atoms with Gasteiger partial charge in [-0.1, -0.05) is 0 Å². The molecule has 0 spiro atoms. The fraction of sp³-hybridized carbons (Fsp3) is 0.750. The number of hydrogen-bond donors (Lipinski definition) is 1. The SMILES string of the molecule is O=[C]C1CCN1. The van der Waals surface area contributed by atoms with E-state index in [1.165, 1.54) is 0 Å². The van der Waals surface area contributed by atoms with E-state index in [-0.39, 0.29) is 6.04 Å². The molecule has 0 amide bonds. The lowest BCUT2D eigenvalue weighted by atomic mass is 10.1. The van der Waals surface area contributed by atoms with Gasteiger partial charge in [0.05, 0.1) is 6.04 Å². The molecule has 0 saturated carbocycles. The van der Waals surface area contributed by atoms with Crippen molar-refractivity contribution in [2.45, 2.75) is 12.5 Å². The molecule has 1 unspecified atom stereocenters. The van der Waals surface area contributed by atoms with E-state index in [4.69, 9.17) is 0 Å². The molecular formula is C4H6NO. The summed E-state index contributed by atoms with van der Waals surface area (Å²) < 4.78 is 0. The highest BCUT2D eigenvalue weighted by atomic mass is 16.1. The van der Waals surface area contributed by atoms with E-state index in [0.29, 0.717) is 0 Å². The molecule has 1 aliphatic heterocycles. The van der Waals surface area contributed by atoms with Crippen LogP contribution in [0.5, 0.6) is 0 Å². The van der Waals surface area contributed by atoms with Gasteiger partial charge in [-0.25, -0.2) is 0 Å². The molecule has 1 rings (SSSR count). The lowest BCUT2D eigenvalue weighted by molar-refractivity contribution is 0.428. The van der Waals surface area contributed by atoms with Crippen LogP contribution in [0.2, 0.25) is 0 Å². The van der Waals surface area contributed by atoms with Crippen LogP contribution in [0, 0.1) is 0 Å². The summed E-state index contributed by atoms with van der Waals surface area (Å²) in [4.78, 5) is 9.60. The van der Waals surface area contributed by atoms with Crippen molar-refractivity contribution < 1.29 is 4.79 Å². The fourth-order valence-corrected chi connectivity index (χ4v) is 0.389. The third-order valence-electron chi connectivity index (χ3n) is 0.966. The van der Waals surface area contributed by atoms with Gasteiger partial charge in [0, 0.05) is 0 Å². The lowest BCUT2D eigenvalue weighted by Gasteiger charge is -2.19. The first-order valence-corrected chi connectivity index (χ1v) is 2.04. The van der Waals surface area contributed by atoms with Gasteiger partial charge in [-0.3, -0.25) is 4.79 Å². The number of nitrogens with one attached hydrogen (secondary N) is 1. The quantitative estimate of drug-likeness (QED) is 0.462. The Morgan fingerprint density at radius 3 is 2.50 bits per heavy atom. The summed E-state index contributed by atoms with van der Waals surface area (Å²) in [6.07, 6.45) is 2.82. The van der Waals surface area contributed by atoms with Crippen molar-refractivity contribution in [1.82, 2.24) is 5.32 Å². The van der Waals surface area contributed by atoms with Gasteiger partial charge in [-0.05, 0) is 13.0 Å². The Kier molecular flexibility index (Phi) is 0.881. The van der Waals surface area contributed by atoms with Crippen LogP contribution in [0.4, 0.5) is 0 Å². The third kappa shape index (κ3) is 0.431. The van der Waals surface area contributed by atoms with Crippen LogP contribution in [-0.4, -0.2) is 18.9 Å². The highest BCUT2D eigenvalue weighted by Gasteiger charge is 2.14. The van der Waals surface area contributed by atoms with E-state index < -0.39 is 0 Å². The Balaban J connectivity index is 2.16. The molecule has 0 aromatic carbocycles. The van der Waals surface area contributed by atoms with Crippen LogP contribution >= 0.6 is 0 Å². The van der Waals surface area contributed by atoms with E-state index >= 15 is 0 Å². The molecule has 2 heteroatoms. The van der Waals surface area contributed by atoms with Crippen LogP contribution in [0.1, 0.15) is 6.42 Å². The van der Waals surface area contributed by atoms with Crippen molar-refractivity contribution in [3.63, 3.8) is 0 Å². The average molecular weight is 84.1 g/mol. The summed E-state index contributed by atoms with van der Waals surface area (Å²) in [7, 11) is 0. The van der Waals surface area contributed by atoms with Crippen molar-refractivity contribution >= 4 is 6.29 Å². The second-order valence-electron chi connectivity index (χ2n) is 1.41. The first-order chi connectivity index (χ1) is 2.93. The summed E-state index contributed by atoms with van der Waals surface area (Å²) >= 11 is 0. The minimum absolute atomic E-state index is 0.0602. The lowest BCUT2D eigenvalue weighted by Crippen LogP contribution is -2.43. The van der Waals surface area contributed by atoms with Gasteiger partial charge in [0.2, 0.25) is 6.29 Å². The van der Waals surface area contributed by atoms with E-state index in [2.05, 4.69) is 5.32 Å². The predicted molar refractivity (Wildman–Crippen MR) is 22.1 cm³/mol. The predicted octanol–water partition coefficient (Wildman–Crippen LogP) is -0.542. The molecule has 1 saturated heterocycles. The van der Waals surface area contributed by atoms with Gasteiger partial charge in [0.25, 0.3) is 0 Å². The smallest absolute Gasteiger partial charge is 0.216 e. The zero-order valence-corrected chi connectivity index (χ0v) is 3.40. The normalized spacial score (nSPS) is 31.7. The minimum Gasteiger partial charge on any atom is -0.307 e. The maximum Gasteiger partial charge on any atom is 0.216 e. The average Bonchev–Trinajstić information content (AvgIpc) is 1.31. The zero-order valence-electron chi connectivity index (χ0n) is 3.40. The standard InChI is InChI=1S/C4H6NO/c6-3-4-1-2-5-4/h4-5H,1-2H2. The Morgan fingerprint density at radius 2 is 2.50 bits per heavy atom. The summed E-state index contributed by atoms with van der Waals surface area (Å²) in [5, 5.41) is 2.87. The van der Waals surface area contributed by atoms with E-state index in [1.807, 2.05) is 6.29 Å². The van der Waals surface area contributed by atoms with Gasteiger partial charge in [0.1, 0.15) is 0 Å². The van der Waals surface area contributed by atoms with Crippen molar-refractivity contribution in [1.29, 1.82) is 0 Å². The molecule has 1 atom stereocenters. The van der Waals surface area contributed by atoms with E-state index in [0.717, 1.165) is 13.0 Å². The summed E-state index contributed by atoms with van der Waals surface area (Å²) in [6.45, 7) is 0.986. The van der Waals surface area contributed by atoms with Gasteiger partial charge in [0.15, 0.2) is 0 Å². The fourth-order valence-electron chi connectivity index (χ4n) is 0.389. The molecule has 1 radical (unpaired) electrons. The maximum atomic E-state index is 9.60. The van der Waals surface area contributed by atoms with Gasteiger partial charge >= 0.3 is 0 Å². The van der Waals surface area contributed by atoms with Gasteiger partial charge < -0.3 is 5.32 Å². The van der Waals surface area contributed by atoms with Crippen LogP contribution in [0.25, 0.3) is 0 Å². The molecule has 33 valence electrons. The molecule has 0 aromatic rings.